The monoisotopic (exact) mass is 413 g/mol. The van der Waals surface area contributed by atoms with Crippen LogP contribution in [0.5, 0.6) is 0 Å². The van der Waals surface area contributed by atoms with E-state index in [1.54, 1.807) is 30.3 Å². The number of rotatable bonds is 5. The van der Waals surface area contributed by atoms with Crippen LogP contribution >= 0.6 is 23.2 Å². The Hall–Kier alpha value is -2.89. The second-order valence-electron chi connectivity index (χ2n) is 6.03. The highest BCUT2D eigenvalue weighted by atomic mass is 35.5. The molecule has 0 radical (unpaired) electrons. The number of benzene rings is 3. The predicted molar refractivity (Wildman–Crippen MR) is 108 cm³/mol. The number of hydrogen-bond donors (Lipinski definition) is 1. The van der Waals surface area contributed by atoms with E-state index in [0.29, 0.717) is 33.1 Å². The van der Waals surface area contributed by atoms with Crippen molar-refractivity contribution in [1.29, 1.82) is 0 Å². The van der Waals surface area contributed by atoms with Crippen molar-refractivity contribution in [3.05, 3.63) is 100 Å². The Balaban J connectivity index is 1.74. The molecule has 0 fully saturated rings. The van der Waals surface area contributed by atoms with Gasteiger partial charge in [0, 0.05) is 0 Å². The van der Waals surface area contributed by atoms with E-state index in [1.807, 2.05) is 30.3 Å². The third-order valence-electron chi connectivity index (χ3n) is 4.17. The van der Waals surface area contributed by atoms with Gasteiger partial charge in [-0.05, 0) is 42.0 Å². The van der Waals surface area contributed by atoms with Crippen molar-refractivity contribution in [2.24, 2.45) is 0 Å². The SMILES string of the molecule is Fc1ccc([C@@H](Nc2ccccc2Cl)c2nnc(-c3ccccc3Cl)o2)cc1. The minimum absolute atomic E-state index is 0.300. The van der Waals surface area contributed by atoms with Gasteiger partial charge in [0.2, 0.25) is 11.8 Å². The molecule has 1 atom stereocenters. The lowest BCUT2D eigenvalue weighted by atomic mass is 10.1. The summed E-state index contributed by atoms with van der Waals surface area (Å²) >= 11 is 12.5. The fourth-order valence-electron chi connectivity index (χ4n) is 2.77. The molecule has 3 aromatic carbocycles. The average molecular weight is 414 g/mol. The van der Waals surface area contributed by atoms with Crippen molar-refractivity contribution in [3.8, 4) is 11.5 Å². The second-order valence-corrected chi connectivity index (χ2v) is 6.85. The lowest BCUT2D eigenvalue weighted by Gasteiger charge is -2.18. The molecule has 0 bridgehead atoms. The van der Waals surface area contributed by atoms with Gasteiger partial charge in [0.15, 0.2) is 0 Å². The molecule has 1 N–H and O–H groups in total. The van der Waals surface area contributed by atoms with Gasteiger partial charge < -0.3 is 9.73 Å². The Morgan fingerprint density at radius 1 is 0.821 bits per heavy atom. The van der Waals surface area contributed by atoms with Crippen molar-refractivity contribution in [3.63, 3.8) is 0 Å². The molecule has 0 aliphatic carbocycles. The molecule has 0 amide bonds. The van der Waals surface area contributed by atoms with Gasteiger partial charge in [-0.15, -0.1) is 10.2 Å². The number of para-hydroxylation sites is 1. The lowest BCUT2D eigenvalue weighted by molar-refractivity contribution is 0.494. The van der Waals surface area contributed by atoms with Gasteiger partial charge in [-0.1, -0.05) is 59.6 Å². The Bertz CT molecular complexity index is 1100. The van der Waals surface area contributed by atoms with Crippen LogP contribution in [0.3, 0.4) is 0 Å². The smallest absolute Gasteiger partial charge is 0.249 e. The minimum atomic E-state index is -0.524. The number of nitrogens with zero attached hydrogens (tertiary/aromatic N) is 2. The molecule has 0 aliphatic heterocycles. The van der Waals surface area contributed by atoms with E-state index in [-0.39, 0.29) is 5.82 Å². The van der Waals surface area contributed by atoms with Gasteiger partial charge in [-0.3, -0.25) is 0 Å². The zero-order valence-corrected chi connectivity index (χ0v) is 16.0. The van der Waals surface area contributed by atoms with Gasteiger partial charge in [-0.25, -0.2) is 4.39 Å². The molecule has 4 aromatic rings. The summed E-state index contributed by atoms with van der Waals surface area (Å²) < 4.78 is 19.3. The number of nitrogens with one attached hydrogen (secondary N) is 1. The topological polar surface area (TPSA) is 51.0 Å². The number of anilines is 1. The van der Waals surface area contributed by atoms with E-state index in [2.05, 4.69) is 15.5 Å². The van der Waals surface area contributed by atoms with E-state index in [4.69, 9.17) is 27.6 Å². The summed E-state index contributed by atoms with van der Waals surface area (Å²) in [5.74, 6) is 0.276. The first kappa shape index (κ1) is 18.5. The Morgan fingerprint density at radius 3 is 2.21 bits per heavy atom. The maximum absolute atomic E-state index is 13.4. The molecular weight excluding hydrogens is 400 g/mol. The zero-order valence-electron chi connectivity index (χ0n) is 14.4. The van der Waals surface area contributed by atoms with Crippen LogP contribution in [0.2, 0.25) is 10.0 Å². The van der Waals surface area contributed by atoms with Crippen molar-refractivity contribution in [1.82, 2.24) is 10.2 Å². The first-order valence-corrected chi connectivity index (χ1v) is 9.22. The third-order valence-corrected chi connectivity index (χ3v) is 4.83. The Kier molecular flexibility index (Phi) is 5.28. The summed E-state index contributed by atoms with van der Waals surface area (Å²) in [6.45, 7) is 0. The zero-order chi connectivity index (χ0) is 19.5. The van der Waals surface area contributed by atoms with Crippen LogP contribution in [0.1, 0.15) is 17.5 Å². The van der Waals surface area contributed by atoms with Crippen LogP contribution in [0.25, 0.3) is 11.5 Å². The van der Waals surface area contributed by atoms with E-state index < -0.39 is 6.04 Å². The minimum Gasteiger partial charge on any atom is -0.418 e. The molecule has 28 heavy (non-hydrogen) atoms. The highest BCUT2D eigenvalue weighted by Crippen LogP contribution is 2.32. The Labute approximate surface area is 170 Å². The number of aromatic nitrogens is 2. The second kappa shape index (κ2) is 8.00. The molecule has 0 aliphatic rings. The quantitative estimate of drug-likeness (QED) is 0.412. The molecule has 7 heteroatoms. The van der Waals surface area contributed by atoms with Gasteiger partial charge in [0.05, 0.1) is 21.3 Å². The average Bonchev–Trinajstić information content (AvgIpc) is 3.18. The number of halogens is 3. The predicted octanol–water partition coefficient (Wildman–Crippen LogP) is 6.38. The van der Waals surface area contributed by atoms with E-state index in [9.17, 15) is 4.39 Å². The third kappa shape index (κ3) is 3.86. The van der Waals surface area contributed by atoms with Crippen LogP contribution in [-0.2, 0) is 0 Å². The van der Waals surface area contributed by atoms with E-state index in [0.717, 1.165) is 5.56 Å². The van der Waals surface area contributed by atoms with E-state index >= 15 is 0 Å². The first-order chi connectivity index (χ1) is 13.6. The van der Waals surface area contributed by atoms with Gasteiger partial charge >= 0.3 is 0 Å². The summed E-state index contributed by atoms with van der Waals surface area (Å²) in [5, 5.41) is 12.7. The van der Waals surface area contributed by atoms with Crippen molar-refractivity contribution in [2.75, 3.05) is 5.32 Å². The van der Waals surface area contributed by atoms with Gasteiger partial charge in [-0.2, -0.15) is 0 Å². The molecule has 1 aromatic heterocycles. The maximum Gasteiger partial charge on any atom is 0.249 e. The van der Waals surface area contributed by atoms with Gasteiger partial charge in [0.1, 0.15) is 11.9 Å². The number of hydrogen-bond acceptors (Lipinski definition) is 4. The summed E-state index contributed by atoms with van der Waals surface area (Å²) in [6.07, 6.45) is 0. The summed E-state index contributed by atoms with van der Waals surface area (Å²) in [5.41, 5.74) is 2.07. The van der Waals surface area contributed by atoms with Crippen LogP contribution in [0.4, 0.5) is 10.1 Å². The fourth-order valence-corrected chi connectivity index (χ4v) is 3.18. The lowest BCUT2D eigenvalue weighted by Crippen LogP contribution is -2.13. The summed E-state index contributed by atoms with van der Waals surface area (Å²) in [4.78, 5) is 0. The fraction of sp³-hybridized carbons (Fsp3) is 0.0476. The summed E-state index contributed by atoms with van der Waals surface area (Å²) in [7, 11) is 0. The first-order valence-electron chi connectivity index (χ1n) is 8.46. The highest BCUT2D eigenvalue weighted by Gasteiger charge is 2.23. The normalized spacial score (nSPS) is 12.0. The van der Waals surface area contributed by atoms with Crippen molar-refractivity contribution in [2.45, 2.75) is 6.04 Å². The molecular formula is C21H14Cl2FN3O. The van der Waals surface area contributed by atoms with E-state index in [1.165, 1.54) is 12.1 Å². The molecule has 140 valence electrons. The largest absolute Gasteiger partial charge is 0.418 e. The standard InChI is InChI=1S/C21H14Cl2FN3O/c22-16-6-2-1-5-15(16)20-26-27-21(28-20)19(13-9-11-14(24)12-10-13)25-18-8-4-3-7-17(18)23/h1-12,19,25H/t19-/m1/s1. The molecule has 0 saturated carbocycles. The Morgan fingerprint density at radius 2 is 1.50 bits per heavy atom. The summed E-state index contributed by atoms with van der Waals surface area (Å²) in [6, 6.07) is 20.1. The van der Waals surface area contributed by atoms with Crippen LogP contribution in [0, 0.1) is 5.82 Å². The van der Waals surface area contributed by atoms with Gasteiger partial charge in [0.25, 0.3) is 0 Å². The molecule has 0 spiro atoms. The molecule has 0 unspecified atom stereocenters. The van der Waals surface area contributed by atoms with Crippen molar-refractivity contribution >= 4 is 28.9 Å². The molecule has 4 nitrogen and oxygen atoms in total. The van der Waals surface area contributed by atoms with Crippen molar-refractivity contribution < 1.29 is 8.81 Å². The van der Waals surface area contributed by atoms with Crippen LogP contribution in [-0.4, -0.2) is 10.2 Å². The van der Waals surface area contributed by atoms with Crippen LogP contribution < -0.4 is 5.32 Å². The molecule has 4 rings (SSSR count). The molecule has 0 saturated heterocycles. The molecule has 1 heterocycles. The highest BCUT2D eigenvalue weighted by molar-refractivity contribution is 6.33. The van der Waals surface area contributed by atoms with Crippen LogP contribution in [0.15, 0.2) is 77.2 Å². The maximum atomic E-state index is 13.4.